The van der Waals surface area contributed by atoms with Gasteiger partial charge in [-0.3, -0.25) is 0 Å². The average molecular weight is 227 g/mol. The first-order valence-corrected chi connectivity index (χ1v) is 6.72. The number of hydrogen-bond acceptors (Lipinski definition) is 3. The molecule has 3 heteroatoms. The molecule has 96 valence electrons. The number of nitrogens with zero attached hydrogens (tertiary/aromatic N) is 2. The molecule has 0 aromatic carbocycles. The van der Waals surface area contributed by atoms with Gasteiger partial charge in [0.2, 0.25) is 0 Å². The van der Waals surface area contributed by atoms with E-state index in [0.29, 0.717) is 0 Å². The molecule has 1 atom stereocenters. The highest BCUT2D eigenvalue weighted by molar-refractivity contribution is 4.69. The summed E-state index contributed by atoms with van der Waals surface area (Å²) in [7, 11) is 6.52. The normalized spacial score (nSPS) is 21.9. The lowest BCUT2D eigenvalue weighted by Crippen LogP contribution is -2.31. The van der Waals surface area contributed by atoms with Gasteiger partial charge in [0.1, 0.15) is 0 Å². The summed E-state index contributed by atoms with van der Waals surface area (Å²) in [6.07, 6.45) is 5.57. The van der Waals surface area contributed by atoms with Crippen LogP contribution in [-0.4, -0.2) is 63.7 Å². The zero-order valence-electron chi connectivity index (χ0n) is 11.3. The number of rotatable bonds is 7. The zero-order valence-corrected chi connectivity index (χ0v) is 11.3. The standard InChI is InChI=1S/C13H29N3/c1-15(2)10-11-16(3)9-5-7-13-6-4-8-14-12-13/h13-14H,4-12H2,1-3H3. The van der Waals surface area contributed by atoms with Crippen LogP contribution in [0.25, 0.3) is 0 Å². The van der Waals surface area contributed by atoms with E-state index >= 15 is 0 Å². The van der Waals surface area contributed by atoms with Crippen LogP contribution >= 0.6 is 0 Å². The molecule has 1 unspecified atom stereocenters. The van der Waals surface area contributed by atoms with Gasteiger partial charge in [-0.15, -0.1) is 0 Å². The van der Waals surface area contributed by atoms with E-state index in [4.69, 9.17) is 0 Å². The van der Waals surface area contributed by atoms with Crippen LogP contribution in [-0.2, 0) is 0 Å². The quantitative estimate of drug-likeness (QED) is 0.706. The topological polar surface area (TPSA) is 18.5 Å². The Labute approximate surface area is 101 Å². The third kappa shape index (κ3) is 6.46. The molecule has 3 nitrogen and oxygen atoms in total. The Kier molecular flexibility index (Phi) is 7.01. The van der Waals surface area contributed by atoms with Crippen molar-refractivity contribution in [3.05, 3.63) is 0 Å². The smallest absolute Gasteiger partial charge is 0.0106 e. The minimum atomic E-state index is 0.941. The van der Waals surface area contributed by atoms with Crippen LogP contribution in [0.2, 0.25) is 0 Å². The molecule has 0 aromatic rings. The Bertz CT molecular complexity index is 165. The monoisotopic (exact) mass is 227 g/mol. The summed E-state index contributed by atoms with van der Waals surface area (Å²) in [4.78, 5) is 4.71. The maximum atomic E-state index is 3.49. The molecular weight excluding hydrogens is 198 g/mol. The first kappa shape index (κ1) is 13.9. The number of hydrogen-bond donors (Lipinski definition) is 1. The van der Waals surface area contributed by atoms with Crippen molar-refractivity contribution in [2.24, 2.45) is 5.92 Å². The molecule has 1 heterocycles. The van der Waals surface area contributed by atoms with Gasteiger partial charge in [0.05, 0.1) is 0 Å². The molecule has 1 rings (SSSR count). The van der Waals surface area contributed by atoms with Gasteiger partial charge in [-0.25, -0.2) is 0 Å². The Morgan fingerprint density at radius 2 is 1.94 bits per heavy atom. The molecule has 0 spiro atoms. The van der Waals surface area contributed by atoms with Crippen LogP contribution in [0.3, 0.4) is 0 Å². The lowest BCUT2D eigenvalue weighted by molar-refractivity contribution is 0.263. The van der Waals surface area contributed by atoms with E-state index in [1.54, 1.807) is 0 Å². The number of nitrogens with one attached hydrogen (secondary N) is 1. The molecule has 16 heavy (non-hydrogen) atoms. The molecule has 1 aliphatic rings. The van der Waals surface area contributed by atoms with Crippen LogP contribution in [0, 0.1) is 5.92 Å². The average Bonchev–Trinajstić information content (AvgIpc) is 2.28. The van der Waals surface area contributed by atoms with E-state index in [0.717, 1.165) is 5.92 Å². The second kappa shape index (κ2) is 8.04. The van der Waals surface area contributed by atoms with E-state index in [1.165, 1.54) is 58.4 Å². The maximum absolute atomic E-state index is 3.49. The van der Waals surface area contributed by atoms with Crippen molar-refractivity contribution in [2.75, 3.05) is 53.9 Å². The first-order chi connectivity index (χ1) is 7.68. The molecule has 0 bridgehead atoms. The predicted octanol–water partition coefficient (Wildman–Crippen LogP) is 1.26. The van der Waals surface area contributed by atoms with Gasteiger partial charge < -0.3 is 15.1 Å². The van der Waals surface area contributed by atoms with Crippen molar-refractivity contribution < 1.29 is 0 Å². The summed E-state index contributed by atoms with van der Waals surface area (Å²) in [5.74, 6) is 0.941. The van der Waals surface area contributed by atoms with E-state index in [-0.39, 0.29) is 0 Å². The molecule has 1 fully saturated rings. The van der Waals surface area contributed by atoms with Gasteiger partial charge in [-0.1, -0.05) is 0 Å². The summed E-state index contributed by atoms with van der Waals surface area (Å²) in [6, 6.07) is 0. The molecule has 1 aliphatic heterocycles. The van der Waals surface area contributed by atoms with Gasteiger partial charge in [0.15, 0.2) is 0 Å². The SMILES string of the molecule is CN(C)CCN(C)CCCC1CCCNC1. The van der Waals surface area contributed by atoms with Crippen LogP contribution in [0.5, 0.6) is 0 Å². The molecule has 0 aliphatic carbocycles. The van der Waals surface area contributed by atoms with Crippen molar-refractivity contribution in [3.8, 4) is 0 Å². The number of likely N-dealkylation sites (N-methyl/N-ethyl adjacent to an activating group) is 2. The van der Waals surface area contributed by atoms with Crippen molar-refractivity contribution in [3.63, 3.8) is 0 Å². The van der Waals surface area contributed by atoms with Crippen molar-refractivity contribution in [1.29, 1.82) is 0 Å². The summed E-state index contributed by atoms with van der Waals surface area (Å²) in [5, 5.41) is 3.49. The number of piperidine rings is 1. The van der Waals surface area contributed by atoms with E-state index in [1.807, 2.05) is 0 Å². The molecule has 0 radical (unpaired) electrons. The summed E-state index contributed by atoms with van der Waals surface area (Å²) < 4.78 is 0. The van der Waals surface area contributed by atoms with Gasteiger partial charge in [0.25, 0.3) is 0 Å². The molecule has 0 saturated carbocycles. The van der Waals surface area contributed by atoms with Gasteiger partial charge in [0, 0.05) is 13.1 Å². The Balaban J connectivity index is 1.96. The fraction of sp³-hybridized carbons (Fsp3) is 1.00. The lowest BCUT2D eigenvalue weighted by Gasteiger charge is -2.24. The third-order valence-electron chi connectivity index (χ3n) is 3.48. The third-order valence-corrected chi connectivity index (χ3v) is 3.48. The van der Waals surface area contributed by atoms with Crippen LogP contribution < -0.4 is 5.32 Å². The molecule has 1 N–H and O–H groups in total. The highest BCUT2D eigenvalue weighted by Crippen LogP contribution is 2.15. The van der Waals surface area contributed by atoms with Gasteiger partial charge >= 0.3 is 0 Å². The minimum absolute atomic E-state index is 0.941. The van der Waals surface area contributed by atoms with E-state index < -0.39 is 0 Å². The highest BCUT2D eigenvalue weighted by Gasteiger charge is 2.12. The Morgan fingerprint density at radius 3 is 2.56 bits per heavy atom. The van der Waals surface area contributed by atoms with E-state index in [2.05, 4.69) is 36.3 Å². The van der Waals surface area contributed by atoms with Crippen LogP contribution in [0.4, 0.5) is 0 Å². The zero-order chi connectivity index (χ0) is 11.8. The molecular formula is C13H29N3. The van der Waals surface area contributed by atoms with Gasteiger partial charge in [-0.2, -0.15) is 0 Å². The lowest BCUT2D eigenvalue weighted by atomic mass is 9.95. The second-order valence-electron chi connectivity index (χ2n) is 5.46. The van der Waals surface area contributed by atoms with Crippen molar-refractivity contribution in [1.82, 2.24) is 15.1 Å². The second-order valence-corrected chi connectivity index (χ2v) is 5.46. The fourth-order valence-corrected chi connectivity index (χ4v) is 2.30. The Morgan fingerprint density at radius 1 is 1.12 bits per heavy atom. The fourth-order valence-electron chi connectivity index (χ4n) is 2.30. The first-order valence-electron chi connectivity index (χ1n) is 6.72. The predicted molar refractivity (Wildman–Crippen MR) is 70.9 cm³/mol. The van der Waals surface area contributed by atoms with Crippen LogP contribution in [0.1, 0.15) is 25.7 Å². The van der Waals surface area contributed by atoms with Crippen LogP contribution in [0.15, 0.2) is 0 Å². The highest BCUT2D eigenvalue weighted by atomic mass is 15.1. The van der Waals surface area contributed by atoms with E-state index in [9.17, 15) is 0 Å². The summed E-state index contributed by atoms with van der Waals surface area (Å²) in [6.45, 7) is 6.10. The maximum Gasteiger partial charge on any atom is 0.0106 e. The van der Waals surface area contributed by atoms with Gasteiger partial charge in [-0.05, 0) is 72.4 Å². The van der Waals surface area contributed by atoms with Crippen molar-refractivity contribution in [2.45, 2.75) is 25.7 Å². The molecule has 0 amide bonds. The Hall–Kier alpha value is -0.120. The summed E-state index contributed by atoms with van der Waals surface area (Å²) >= 11 is 0. The summed E-state index contributed by atoms with van der Waals surface area (Å²) in [5.41, 5.74) is 0. The molecule has 1 saturated heterocycles. The van der Waals surface area contributed by atoms with Crippen molar-refractivity contribution >= 4 is 0 Å². The minimum Gasteiger partial charge on any atom is -0.316 e. The largest absolute Gasteiger partial charge is 0.316 e. The molecule has 0 aromatic heterocycles.